The van der Waals surface area contributed by atoms with Crippen LogP contribution in [-0.2, 0) is 6.54 Å². The molecule has 0 aliphatic heterocycles. The average molecular weight is 555 g/mol. The van der Waals surface area contributed by atoms with Crippen molar-refractivity contribution in [3.63, 3.8) is 0 Å². The number of furan rings is 1. The Balaban J connectivity index is 1.55. The number of carbonyl (C=O) groups excluding carboxylic acids is 2. The van der Waals surface area contributed by atoms with E-state index in [4.69, 9.17) is 9.15 Å². The van der Waals surface area contributed by atoms with E-state index in [0.717, 1.165) is 17.5 Å². The topological polar surface area (TPSA) is 99.2 Å². The molecule has 0 unspecified atom stereocenters. The van der Waals surface area contributed by atoms with Crippen molar-refractivity contribution in [1.82, 2.24) is 20.1 Å². The summed E-state index contributed by atoms with van der Waals surface area (Å²) in [5.74, 6) is 0.650. The number of ketones is 1. The van der Waals surface area contributed by atoms with Gasteiger partial charge in [-0.2, -0.15) is 5.10 Å². The first-order valence-electron chi connectivity index (χ1n) is 13.5. The van der Waals surface area contributed by atoms with Gasteiger partial charge in [0, 0.05) is 30.0 Å². The van der Waals surface area contributed by atoms with Crippen molar-refractivity contribution >= 4 is 22.7 Å². The van der Waals surface area contributed by atoms with E-state index in [9.17, 15) is 14.0 Å². The molecule has 9 heteroatoms. The molecule has 2 aromatic heterocycles. The summed E-state index contributed by atoms with van der Waals surface area (Å²) in [5.41, 5.74) is 3.57. The number of ether oxygens (including phenoxy) is 1. The molecule has 0 bridgehead atoms. The number of aromatic nitrogens is 3. The van der Waals surface area contributed by atoms with Gasteiger partial charge in [-0.1, -0.05) is 19.9 Å². The highest BCUT2D eigenvalue weighted by atomic mass is 19.1. The van der Waals surface area contributed by atoms with Gasteiger partial charge in [0.05, 0.1) is 12.1 Å². The number of hydrogen-bond acceptors (Lipinski definition) is 6. The SMILES string of the molecule is CNC(=O)c1c(-c2ccc(F)cc2)oc2ccc(-c3cc(OCCn4cncn4)cc(C(=O)CCC(C)C)c3)cc12. The molecule has 0 fully saturated rings. The van der Waals surface area contributed by atoms with Crippen LogP contribution in [0, 0.1) is 11.7 Å². The molecule has 1 amide bonds. The zero-order valence-corrected chi connectivity index (χ0v) is 23.2. The van der Waals surface area contributed by atoms with E-state index >= 15 is 0 Å². The van der Waals surface area contributed by atoms with Gasteiger partial charge < -0.3 is 14.5 Å². The Labute approximate surface area is 237 Å². The molecule has 1 N–H and O–H groups in total. The maximum atomic E-state index is 13.6. The number of carbonyl (C=O) groups is 2. The van der Waals surface area contributed by atoms with Gasteiger partial charge in [0.15, 0.2) is 5.78 Å². The van der Waals surface area contributed by atoms with Gasteiger partial charge in [0.25, 0.3) is 5.91 Å². The fraction of sp³-hybridized carbons (Fsp3) is 0.250. The maximum Gasteiger partial charge on any atom is 0.255 e. The minimum Gasteiger partial charge on any atom is -0.492 e. The van der Waals surface area contributed by atoms with Gasteiger partial charge in [-0.3, -0.25) is 9.59 Å². The Kier molecular flexibility index (Phi) is 8.24. The number of nitrogens with zero attached hydrogens (tertiary/aromatic N) is 3. The fourth-order valence-corrected chi connectivity index (χ4v) is 4.61. The molecule has 0 spiro atoms. The van der Waals surface area contributed by atoms with Crippen molar-refractivity contribution in [2.75, 3.05) is 13.7 Å². The Morgan fingerprint density at radius 2 is 1.80 bits per heavy atom. The molecular weight excluding hydrogens is 523 g/mol. The molecule has 0 atom stereocenters. The van der Waals surface area contributed by atoms with E-state index in [-0.39, 0.29) is 17.5 Å². The molecule has 210 valence electrons. The Bertz CT molecular complexity index is 1670. The fourth-order valence-electron chi connectivity index (χ4n) is 4.61. The number of amides is 1. The van der Waals surface area contributed by atoms with E-state index in [1.807, 2.05) is 24.3 Å². The third-order valence-corrected chi connectivity index (χ3v) is 6.81. The molecule has 5 rings (SSSR count). The standard InChI is InChI=1S/C32H31FN4O4/c1-20(2)4-10-28(38)24-14-23(15-26(16-24)40-13-12-37-19-35-18-36-37)22-7-11-29-27(17-22)30(32(39)34-3)31(41-29)21-5-8-25(33)9-6-21/h5-9,11,14-20H,4,10,12-13H2,1-3H3,(H,34,39). The summed E-state index contributed by atoms with van der Waals surface area (Å²) in [6.07, 6.45) is 4.30. The second kappa shape index (κ2) is 12.2. The highest BCUT2D eigenvalue weighted by molar-refractivity contribution is 6.12. The van der Waals surface area contributed by atoms with Crippen LogP contribution in [0.15, 0.2) is 77.7 Å². The van der Waals surface area contributed by atoms with Crippen LogP contribution in [-0.4, -0.2) is 40.1 Å². The predicted octanol–water partition coefficient (Wildman–Crippen LogP) is 6.55. The average Bonchev–Trinajstić information content (AvgIpc) is 3.63. The first-order valence-corrected chi connectivity index (χ1v) is 13.5. The van der Waals surface area contributed by atoms with E-state index in [1.54, 1.807) is 42.3 Å². The van der Waals surface area contributed by atoms with Crippen molar-refractivity contribution in [2.24, 2.45) is 5.92 Å². The third kappa shape index (κ3) is 6.35. The van der Waals surface area contributed by atoms with E-state index in [2.05, 4.69) is 29.2 Å². The third-order valence-electron chi connectivity index (χ3n) is 6.81. The van der Waals surface area contributed by atoms with Crippen molar-refractivity contribution in [3.05, 3.63) is 90.3 Å². The van der Waals surface area contributed by atoms with Crippen LogP contribution in [0.2, 0.25) is 0 Å². The molecule has 5 aromatic rings. The van der Waals surface area contributed by atoms with Crippen molar-refractivity contribution in [1.29, 1.82) is 0 Å². The number of fused-ring (bicyclic) bond motifs is 1. The number of benzene rings is 3. The van der Waals surface area contributed by atoms with Gasteiger partial charge in [-0.05, 0) is 78.1 Å². The van der Waals surface area contributed by atoms with Crippen LogP contribution < -0.4 is 10.1 Å². The van der Waals surface area contributed by atoms with Gasteiger partial charge in [-0.25, -0.2) is 14.1 Å². The first kappa shape index (κ1) is 27.8. The second-order valence-electron chi connectivity index (χ2n) is 10.2. The number of halogens is 1. The summed E-state index contributed by atoms with van der Waals surface area (Å²) in [7, 11) is 1.55. The molecule has 0 radical (unpaired) electrons. The number of Topliss-reactive ketones (excluding diaryl/α,β-unsaturated/α-hetero) is 1. The molecule has 41 heavy (non-hydrogen) atoms. The van der Waals surface area contributed by atoms with Crippen molar-refractivity contribution in [3.8, 4) is 28.2 Å². The Morgan fingerprint density at radius 1 is 1.02 bits per heavy atom. The predicted molar refractivity (Wildman–Crippen MR) is 154 cm³/mol. The van der Waals surface area contributed by atoms with Gasteiger partial charge in [-0.15, -0.1) is 0 Å². The van der Waals surface area contributed by atoms with E-state index in [0.29, 0.717) is 64.7 Å². The van der Waals surface area contributed by atoms with Crippen LogP contribution in [0.3, 0.4) is 0 Å². The Hall–Kier alpha value is -4.79. The number of rotatable bonds is 11. The summed E-state index contributed by atoms with van der Waals surface area (Å²) < 4.78 is 27.4. The Morgan fingerprint density at radius 3 is 2.51 bits per heavy atom. The molecule has 0 saturated carbocycles. The molecule has 3 aromatic carbocycles. The lowest BCUT2D eigenvalue weighted by Gasteiger charge is -2.12. The largest absolute Gasteiger partial charge is 0.492 e. The van der Waals surface area contributed by atoms with Crippen LogP contribution in [0.25, 0.3) is 33.4 Å². The number of hydrogen-bond donors (Lipinski definition) is 1. The smallest absolute Gasteiger partial charge is 0.255 e. The van der Waals surface area contributed by atoms with E-state index < -0.39 is 0 Å². The summed E-state index contributed by atoms with van der Waals surface area (Å²) in [6, 6.07) is 16.9. The monoisotopic (exact) mass is 554 g/mol. The zero-order valence-electron chi connectivity index (χ0n) is 23.2. The molecule has 0 saturated heterocycles. The molecule has 2 heterocycles. The number of nitrogens with one attached hydrogen (secondary N) is 1. The minimum absolute atomic E-state index is 0.0377. The molecule has 0 aliphatic rings. The summed E-state index contributed by atoms with van der Waals surface area (Å²) in [5, 5.41) is 7.38. The lowest BCUT2D eigenvalue weighted by atomic mass is 9.96. The van der Waals surface area contributed by atoms with Crippen molar-refractivity contribution < 1.29 is 23.1 Å². The molecule has 8 nitrogen and oxygen atoms in total. The minimum atomic E-state index is -0.379. The van der Waals surface area contributed by atoms with Gasteiger partial charge >= 0.3 is 0 Å². The van der Waals surface area contributed by atoms with E-state index in [1.165, 1.54) is 18.5 Å². The molecule has 0 aliphatic carbocycles. The quantitative estimate of drug-likeness (QED) is 0.186. The zero-order chi connectivity index (χ0) is 28.9. The highest BCUT2D eigenvalue weighted by Crippen LogP contribution is 2.37. The van der Waals surface area contributed by atoms with Gasteiger partial charge in [0.1, 0.15) is 42.2 Å². The normalized spacial score (nSPS) is 11.2. The lowest BCUT2D eigenvalue weighted by Crippen LogP contribution is -2.18. The highest BCUT2D eigenvalue weighted by Gasteiger charge is 2.22. The lowest BCUT2D eigenvalue weighted by molar-refractivity contribution is 0.0960. The summed E-state index contributed by atoms with van der Waals surface area (Å²) >= 11 is 0. The van der Waals surface area contributed by atoms with Crippen LogP contribution >= 0.6 is 0 Å². The maximum absolute atomic E-state index is 13.6. The van der Waals surface area contributed by atoms with Crippen LogP contribution in [0.4, 0.5) is 4.39 Å². The molecular formula is C32H31FN4O4. The second-order valence-corrected chi connectivity index (χ2v) is 10.2. The summed E-state index contributed by atoms with van der Waals surface area (Å²) in [6.45, 7) is 5.03. The van der Waals surface area contributed by atoms with Crippen molar-refractivity contribution in [2.45, 2.75) is 33.2 Å². The first-order chi connectivity index (χ1) is 19.8. The van der Waals surface area contributed by atoms with Crippen LogP contribution in [0.5, 0.6) is 5.75 Å². The van der Waals surface area contributed by atoms with Gasteiger partial charge in [0.2, 0.25) is 0 Å². The summed E-state index contributed by atoms with van der Waals surface area (Å²) in [4.78, 5) is 30.1. The van der Waals surface area contributed by atoms with Crippen LogP contribution in [0.1, 0.15) is 47.4 Å².